The maximum absolute atomic E-state index is 2.68. The van der Waals surface area contributed by atoms with E-state index in [0.717, 1.165) is 29.6 Å². The summed E-state index contributed by atoms with van der Waals surface area (Å²) < 4.78 is 0. The lowest BCUT2D eigenvalue weighted by molar-refractivity contribution is 0.0341. The molecule has 0 amide bonds. The zero-order valence-corrected chi connectivity index (χ0v) is 15.5. The summed E-state index contributed by atoms with van der Waals surface area (Å²) in [5.74, 6) is 4.94. The lowest BCUT2D eigenvalue weighted by Gasteiger charge is -2.47. The van der Waals surface area contributed by atoms with Crippen molar-refractivity contribution in [3.63, 3.8) is 0 Å². The molecule has 0 saturated heterocycles. The van der Waals surface area contributed by atoms with Gasteiger partial charge >= 0.3 is 0 Å². The molecular formula is C21H40. The van der Waals surface area contributed by atoms with E-state index >= 15 is 0 Å². The summed E-state index contributed by atoms with van der Waals surface area (Å²) in [5.41, 5.74) is 0.610. The maximum Gasteiger partial charge on any atom is -0.0290 e. The van der Waals surface area contributed by atoms with Gasteiger partial charge in [0.15, 0.2) is 0 Å². The van der Waals surface area contributed by atoms with E-state index < -0.39 is 0 Å². The van der Waals surface area contributed by atoms with E-state index in [1.54, 1.807) is 6.42 Å². The van der Waals surface area contributed by atoms with Gasteiger partial charge in [-0.05, 0) is 54.3 Å². The van der Waals surface area contributed by atoms with E-state index in [-0.39, 0.29) is 0 Å². The van der Waals surface area contributed by atoms with Crippen LogP contribution in [0.4, 0.5) is 0 Å². The third kappa shape index (κ3) is 4.73. The Bertz CT molecular complexity index is 303. The van der Waals surface area contributed by atoms with E-state index in [1.807, 2.05) is 0 Å². The van der Waals surface area contributed by atoms with E-state index in [2.05, 4.69) is 34.6 Å². The van der Waals surface area contributed by atoms with Crippen molar-refractivity contribution in [3.8, 4) is 0 Å². The first-order chi connectivity index (χ1) is 9.98. The van der Waals surface area contributed by atoms with Gasteiger partial charge in [0.05, 0.1) is 0 Å². The molecule has 0 bridgehead atoms. The number of hydrogen-bond acceptors (Lipinski definition) is 0. The van der Waals surface area contributed by atoms with E-state index in [4.69, 9.17) is 0 Å². The quantitative estimate of drug-likeness (QED) is 0.490. The summed E-state index contributed by atoms with van der Waals surface area (Å²) in [6.07, 6.45) is 14.8. The largest absolute Gasteiger partial charge is 0.0651 e. The van der Waals surface area contributed by atoms with E-state index in [9.17, 15) is 0 Å². The highest BCUT2D eigenvalue weighted by atomic mass is 14.5. The van der Waals surface area contributed by atoms with Crippen LogP contribution in [0.2, 0.25) is 0 Å². The standard InChI is InChI=1S/C21H40/c1-6-16(3)14-21(5)15-18(7-2)10-8-9-17(4)20(21)13-19-11-12-19/h16-20H,6-15H2,1-5H3. The molecule has 0 N–H and O–H groups in total. The third-order valence-corrected chi connectivity index (χ3v) is 6.98. The van der Waals surface area contributed by atoms with Gasteiger partial charge in [-0.2, -0.15) is 0 Å². The highest BCUT2D eigenvalue weighted by Crippen LogP contribution is 2.53. The molecule has 0 spiro atoms. The van der Waals surface area contributed by atoms with Gasteiger partial charge in [-0.15, -0.1) is 0 Å². The average Bonchev–Trinajstić information content (AvgIpc) is 3.26. The minimum atomic E-state index is 0.610. The highest BCUT2D eigenvalue weighted by molar-refractivity contribution is 4.93. The predicted octanol–water partition coefficient (Wildman–Crippen LogP) is 7.08. The zero-order chi connectivity index (χ0) is 15.5. The molecule has 0 nitrogen and oxygen atoms in total. The number of rotatable bonds is 6. The molecule has 2 aliphatic rings. The lowest BCUT2D eigenvalue weighted by Crippen LogP contribution is -2.37. The van der Waals surface area contributed by atoms with Crippen LogP contribution in [0, 0.1) is 35.0 Å². The van der Waals surface area contributed by atoms with E-state index in [1.165, 1.54) is 57.8 Å². The Kier molecular flexibility index (Phi) is 6.21. The van der Waals surface area contributed by atoms with Gasteiger partial charge in [-0.1, -0.05) is 79.6 Å². The molecule has 124 valence electrons. The molecule has 0 aliphatic heterocycles. The van der Waals surface area contributed by atoms with Crippen LogP contribution in [0.5, 0.6) is 0 Å². The van der Waals surface area contributed by atoms with Crippen molar-refractivity contribution in [2.45, 2.75) is 98.8 Å². The van der Waals surface area contributed by atoms with Crippen LogP contribution in [0.15, 0.2) is 0 Å². The first-order valence-electron chi connectivity index (χ1n) is 9.98. The fourth-order valence-corrected chi connectivity index (χ4v) is 5.28. The molecule has 2 saturated carbocycles. The molecule has 0 aromatic carbocycles. The second-order valence-corrected chi connectivity index (χ2v) is 9.04. The zero-order valence-electron chi connectivity index (χ0n) is 15.5. The fraction of sp³-hybridized carbons (Fsp3) is 1.00. The molecule has 0 radical (unpaired) electrons. The third-order valence-electron chi connectivity index (χ3n) is 6.98. The summed E-state index contributed by atoms with van der Waals surface area (Å²) in [4.78, 5) is 0. The Hall–Kier alpha value is 0. The van der Waals surface area contributed by atoms with E-state index in [0.29, 0.717) is 5.41 Å². The Labute approximate surface area is 134 Å². The van der Waals surface area contributed by atoms with Gasteiger partial charge in [-0.3, -0.25) is 0 Å². The van der Waals surface area contributed by atoms with Crippen molar-refractivity contribution >= 4 is 0 Å². The number of hydrogen-bond donors (Lipinski definition) is 0. The van der Waals surface area contributed by atoms with Gasteiger partial charge in [0.2, 0.25) is 0 Å². The Morgan fingerprint density at radius 2 is 1.76 bits per heavy atom. The molecule has 2 fully saturated rings. The minimum absolute atomic E-state index is 0.610. The molecular weight excluding hydrogens is 252 g/mol. The van der Waals surface area contributed by atoms with Crippen LogP contribution in [-0.4, -0.2) is 0 Å². The summed E-state index contributed by atoms with van der Waals surface area (Å²) in [6.45, 7) is 12.6. The monoisotopic (exact) mass is 292 g/mol. The van der Waals surface area contributed by atoms with Gasteiger partial charge in [-0.25, -0.2) is 0 Å². The van der Waals surface area contributed by atoms with Crippen LogP contribution in [0.3, 0.4) is 0 Å². The van der Waals surface area contributed by atoms with Crippen molar-refractivity contribution in [1.82, 2.24) is 0 Å². The second kappa shape index (κ2) is 7.51. The van der Waals surface area contributed by atoms with Gasteiger partial charge < -0.3 is 0 Å². The van der Waals surface area contributed by atoms with Crippen LogP contribution in [0.25, 0.3) is 0 Å². The molecule has 0 aromatic rings. The highest BCUT2D eigenvalue weighted by Gasteiger charge is 2.42. The molecule has 2 rings (SSSR count). The topological polar surface area (TPSA) is 0 Å². The summed E-state index contributed by atoms with van der Waals surface area (Å²) in [7, 11) is 0. The molecule has 5 atom stereocenters. The van der Waals surface area contributed by atoms with Crippen LogP contribution in [-0.2, 0) is 0 Å². The molecule has 0 heteroatoms. The van der Waals surface area contributed by atoms with Crippen molar-refractivity contribution in [1.29, 1.82) is 0 Å². The van der Waals surface area contributed by atoms with Crippen molar-refractivity contribution in [2.75, 3.05) is 0 Å². The Balaban J connectivity index is 2.17. The fourth-order valence-electron chi connectivity index (χ4n) is 5.28. The SMILES string of the molecule is CCC(C)CC1(C)CC(CC)CCCC(C)C1CC1CC1. The smallest absolute Gasteiger partial charge is 0.0290 e. The summed E-state index contributed by atoms with van der Waals surface area (Å²) in [5, 5.41) is 0. The molecule has 21 heavy (non-hydrogen) atoms. The van der Waals surface area contributed by atoms with Crippen molar-refractivity contribution in [2.24, 2.45) is 35.0 Å². The first-order valence-corrected chi connectivity index (χ1v) is 9.98. The van der Waals surface area contributed by atoms with Crippen LogP contribution in [0.1, 0.15) is 98.8 Å². The summed E-state index contributed by atoms with van der Waals surface area (Å²) in [6, 6.07) is 0. The molecule has 0 aromatic heterocycles. The Morgan fingerprint density at radius 1 is 1.05 bits per heavy atom. The van der Waals surface area contributed by atoms with Gasteiger partial charge in [0.25, 0.3) is 0 Å². The summed E-state index contributed by atoms with van der Waals surface area (Å²) >= 11 is 0. The van der Waals surface area contributed by atoms with Gasteiger partial charge in [0.1, 0.15) is 0 Å². The molecule has 0 heterocycles. The second-order valence-electron chi connectivity index (χ2n) is 9.04. The Morgan fingerprint density at radius 3 is 2.33 bits per heavy atom. The van der Waals surface area contributed by atoms with Crippen molar-refractivity contribution < 1.29 is 0 Å². The first kappa shape index (κ1) is 17.4. The average molecular weight is 293 g/mol. The lowest BCUT2D eigenvalue weighted by atomic mass is 9.59. The molecule has 2 aliphatic carbocycles. The molecule has 5 unspecified atom stereocenters. The maximum atomic E-state index is 2.68. The van der Waals surface area contributed by atoms with Crippen molar-refractivity contribution in [3.05, 3.63) is 0 Å². The van der Waals surface area contributed by atoms with Crippen LogP contribution < -0.4 is 0 Å². The van der Waals surface area contributed by atoms with Crippen LogP contribution >= 0.6 is 0 Å². The van der Waals surface area contributed by atoms with Gasteiger partial charge in [0, 0.05) is 0 Å². The normalized spacial score (nSPS) is 39.6. The predicted molar refractivity (Wildman–Crippen MR) is 94.4 cm³/mol. The minimum Gasteiger partial charge on any atom is -0.0651 e.